The van der Waals surface area contributed by atoms with E-state index in [4.69, 9.17) is 0 Å². The Morgan fingerprint density at radius 3 is 2.21 bits per heavy atom. The fourth-order valence-corrected chi connectivity index (χ4v) is 4.05. The highest BCUT2D eigenvalue weighted by Crippen LogP contribution is 2.47. The summed E-state index contributed by atoms with van der Waals surface area (Å²) in [6.45, 7) is 10.1. The van der Waals surface area contributed by atoms with Crippen molar-refractivity contribution in [2.24, 2.45) is 17.8 Å². The van der Waals surface area contributed by atoms with Gasteiger partial charge in [-0.15, -0.1) is 0 Å². The lowest BCUT2D eigenvalue weighted by Gasteiger charge is -2.50. The number of amides is 1. The van der Waals surface area contributed by atoms with Gasteiger partial charge in [0.15, 0.2) is 0 Å². The molecule has 0 aromatic carbocycles. The van der Waals surface area contributed by atoms with Crippen LogP contribution in [-0.2, 0) is 9.59 Å². The summed E-state index contributed by atoms with van der Waals surface area (Å²) >= 11 is 0. The normalized spacial score (nSPS) is 33.0. The molecule has 3 aliphatic carbocycles. The molecular weight excluding hydrogens is 238 g/mol. The molecular formula is C16H25NO2. The third kappa shape index (κ3) is 2.60. The van der Waals surface area contributed by atoms with Gasteiger partial charge < -0.3 is 4.90 Å². The van der Waals surface area contributed by atoms with Gasteiger partial charge in [0.2, 0.25) is 5.91 Å². The minimum atomic E-state index is 0.0828. The van der Waals surface area contributed by atoms with Gasteiger partial charge in [0, 0.05) is 24.1 Å². The zero-order valence-corrected chi connectivity index (χ0v) is 12.3. The number of rotatable bonds is 4. The molecule has 3 fully saturated rings. The maximum absolute atomic E-state index is 12.2. The van der Waals surface area contributed by atoms with E-state index >= 15 is 0 Å². The molecule has 19 heavy (non-hydrogen) atoms. The Morgan fingerprint density at radius 1 is 1.16 bits per heavy atom. The first-order valence-corrected chi connectivity index (χ1v) is 7.42. The van der Waals surface area contributed by atoms with Crippen molar-refractivity contribution in [1.82, 2.24) is 4.90 Å². The highest BCUT2D eigenvalue weighted by molar-refractivity contribution is 5.92. The molecule has 3 rings (SSSR count). The maximum atomic E-state index is 12.2. The fraction of sp³-hybridized carbons (Fsp3) is 0.750. The Balaban J connectivity index is 2.13. The van der Waals surface area contributed by atoms with Crippen LogP contribution in [0.1, 0.15) is 46.5 Å². The number of hydrogen-bond acceptors (Lipinski definition) is 2. The lowest BCUT2D eigenvalue weighted by molar-refractivity contribution is -0.136. The highest BCUT2D eigenvalue weighted by Gasteiger charge is 2.45. The van der Waals surface area contributed by atoms with E-state index < -0.39 is 0 Å². The topological polar surface area (TPSA) is 37.4 Å². The fourth-order valence-electron chi connectivity index (χ4n) is 4.05. The molecule has 0 heterocycles. The van der Waals surface area contributed by atoms with Gasteiger partial charge in [-0.25, -0.2) is 0 Å². The second-order valence-corrected chi connectivity index (χ2v) is 6.22. The molecule has 106 valence electrons. The van der Waals surface area contributed by atoms with Crippen molar-refractivity contribution in [2.75, 3.05) is 6.54 Å². The number of Topliss-reactive ketones (excluding diaryl/α,β-unsaturated/α-hetero) is 1. The molecule has 3 nitrogen and oxygen atoms in total. The van der Waals surface area contributed by atoms with Crippen molar-refractivity contribution in [3.63, 3.8) is 0 Å². The van der Waals surface area contributed by atoms with E-state index in [-0.39, 0.29) is 11.8 Å². The highest BCUT2D eigenvalue weighted by atomic mass is 16.2. The van der Waals surface area contributed by atoms with E-state index in [1.54, 1.807) is 13.8 Å². The quantitative estimate of drug-likeness (QED) is 0.731. The summed E-state index contributed by atoms with van der Waals surface area (Å²) in [5.41, 5.74) is 0.617. The van der Waals surface area contributed by atoms with Crippen LogP contribution in [-0.4, -0.2) is 29.2 Å². The van der Waals surface area contributed by atoms with E-state index in [1.165, 1.54) is 6.42 Å². The van der Waals surface area contributed by atoms with Gasteiger partial charge in [-0.2, -0.15) is 0 Å². The van der Waals surface area contributed by atoms with Crippen molar-refractivity contribution < 1.29 is 9.59 Å². The van der Waals surface area contributed by atoms with E-state index in [0.717, 1.165) is 25.8 Å². The summed E-state index contributed by atoms with van der Waals surface area (Å²) in [4.78, 5) is 25.9. The van der Waals surface area contributed by atoms with Gasteiger partial charge in [-0.3, -0.25) is 9.59 Å². The lowest BCUT2D eigenvalue weighted by Crippen LogP contribution is -2.53. The predicted octanol–water partition coefficient (Wildman–Crippen LogP) is 2.80. The second-order valence-electron chi connectivity index (χ2n) is 6.22. The SMILES string of the molecule is C=C(C)C(=O)N(CC)C1CC2CCC1CC2C(C)=O. The van der Waals surface area contributed by atoms with Gasteiger partial charge >= 0.3 is 0 Å². The van der Waals surface area contributed by atoms with Crippen LogP contribution < -0.4 is 0 Å². The zero-order chi connectivity index (χ0) is 14.2. The zero-order valence-electron chi connectivity index (χ0n) is 12.3. The van der Waals surface area contributed by atoms with Crippen LogP contribution in [0.4, 0.5) is 0 Å². The van der Waals surface area contributed by atoms with E-state index in [2.05, 4.69) is 6.58 Å². The number of nitrogens with zero attached hydrogens (tertiary/aromatic N) is 1. The Hall–Kier alpha value is -1.12. The molecule has 0 spiro atoms. The third-order valence-corrected chi connectivity index (χ3v) is 5.01. The molecule has 4 atom stereocenters. The van der Waals surface area contributed by atoms with Gasteiger partial charge in [-0.05, 0) is 58.3 Å². The van der Waals surface area contributed by atoms with Crippen molar-refractivity contribution in [3.8, 4) is 0 Å². The Labute approximate surface area is 116 Å². The van der Waals surface area contributed by atoms with Gasteiger partial charge in [-0.1, -0.05) is 6.58 Å². The predicted molar refractivity (Wildman–Crippen MR) is 75.6 cm³/mol. The average molecular weight is 263 g/mol. The van der Waals surface area contributed by atoms with Crippen molar-refractivity contribution in [2.45, 2.75) is 52.5 Å². The van der Waals surface area contributed by atoms with Crippen LogP contribution in [0.3, 0.4) is 0 Å². The summed E-state index contributed by atoms with van der Waals surface area (Å²) in [5, 5.41) is 0. The summed E-state index contributed by atoms with van der Waals surface area (Å²) in [5.74, 6) is 1.65. The van der Waals surface area contributed by atoms with Crippen molar-refractivity contribution in [3.05, 3.63) is 12.2 Å². The molecule has 0 saturated heterocycles. The smallest absolute Gasteiger partial charge is 0.249 e. The monoisotopic (exact) mass is 263 g/mol. The Bertz CT molecular complexity index is 402. The molecule has 2 bridgehead atoms. The average Bonchev–Trinajstić information content (AvgIpc) is 2.39. The third-order valence-electron chi connectivity index (χ3n) is 5.01. The summed E-state index contributed by atoms with van der Waals surface area (Å²) in [6, 6.07) is 0.323. The van der Waals surface area contributed by atoms with Crippen LogP contribution in [0.5, 0.6) is 0 Å². The van der Waals surface area contributed by atoms with E-state index in [1.807, 2.05) is 11.8 Å². The number of carbonyl (C=O) groups is 2. The molecule has 1 amide bonds. The first-order valence-electron chi connectivity index (χ1n) is 7.42. The second kappa shape index (κ2) is 5.48. The first kappa shape index (κ1) is 14.3. The molecule has 0 aromatic heterocycles. The van der Waals surface area contributed by atoms with E-state index in [0.29, 0.717) is 29.2 Å². The minimum absolute atomic E-state index is 0.0828. The van der Waals surface area contributed by atoms with Crippen LogP contribution in [0.2, 0.25) is 0 Å². The Morgan fingerprint density at radius 2 is 1.79 bits per heavy atom. The molecule has 0 aromatic rings. The summed E-state index contributed by atoms with van der Waals surface area (Å²) in [6.07, 6.45) is 4.30. The lowest BCUT2D eigenvalue weighted by atomic mass is 9.61. The van der Waals surface area contributed by atoms with Gasteiger partial charge in [0.25, 0.3) is 0 Å². The van der Waals surface area contributed by atoms with E-state index in [9.17, 15) is 9.59 Å². The number of fused-ring (bicyclic) bond motifs is 3. The van der Waals surface area contributed by atoms with Gasteiger partial charge in [0.05, 0.1) is 0 Å². The standard InChI is InChI=1S/C16H25NO2/c1-5-17(16(19)10(2)3)15-9-12-6-7-13(15)8-14(12)11(4)18/h12-15H,2,5-9H2,1,3-4H3. The van der Waals surface area contributed by atoms with Gasteiger partial charge in [0.1, 0.15) is 5.78 Å². The molecule has 0 radical (unpaired) electrons. The largest absolute Gasteiger partial charge is 0.336 e. The minimum Gasteiger partial charge on any atom is -0.336 e. The summed E-state index contributed by atoms with van der Waals surface area (Å²) in [7, 11) is 0. The molecule has 0 N–H and O–H groups in total. The molecule has 4 unspecified atom stereocenters. The number of ketones is 1. The van der Waals surface area contributed by atoms with Crippen LogP contribution in [0, 0.1) is 17.8 Å². The molecule has 3 heteroatoms. The first-order chi connectivity index (χ1) is 8.95. The summed E-state index contributed by atoms with van der Waals surface area (Å²) < 4.78 is 0. The number of likely N-dealkylation sites (N-methyl/N-ethyl adjacent to an activating group) is 1. The number of hydrogen-bond donors (Lipinski definition) is 0. The van der Waals surface area contributed by atoms with Crippen LogP contribution in [0.15, 0.2) is 12.2 Å². The molecule has 3 saturated carbocycles. The van der Waals surface area contributed by atoms with Crippen molar-refractivity contribution >= 4 is 11.7 Å². The molecule has 0 aliphatic heterocycles. The molecule has 3 aliphatic rings. The number of carbonyl (C=O) groups excluding carboxylic acids is 2. The van der Waals surface area contributed by atoms with Crippen LogP contribution >= 0.6 is 0 Å². The Kier molecular flexibility index (Phi) is 4.12. The van der Waals surface area contributed by atoms with Crippen molar-refractivity contribution in [1.29, 1.82) is 0 Å². The maximum Gasteiger partial charge on any atom is 0.249 e. The van der Waals surface area contributed by atoms with Crippen LogP contribution in [0.25, 0.3) is 0 Å².